The molecule has 0 amide bonds. The number of benzene rings is 1. The molecule has 0 radical (unpaired) electrons. The lowest BCUT2D eigenvalue weighted by molar-refractivity contribution is -0.147. The van der Waals surface area contributed by atoms with E-state index in [0.29, 0.717) is 6.54 Å². The van der Waals surface area contributed by atoms with Crippen molar-refractivity contribution in [3.8, 4) is 5.75 Å². The van der Waals surface area contributed by atoms with Gasteiger partial charge in [-0.25, -0.2) is 0 Å². The van der Waals surface area contributed by atoms with E-state index in [-0.39, 0.29) is 18.5 Å². The Morgan fingerprint density at radius 2 is 2.03 bits per heavy atom. The zero-order chi connectivity index (χ0) is 20.6. The molecule has 1 N–H and O–H groups in total. The second-order valence-corrected chi connectivity index (χ2v) is 8.25. The largest absolute Gasteiger partial charge is 0.491 e. The maximum Gasteiger partial charge on any atom is 0.308 e. The van der Waals surface area contributed by atoms with E-state index in [1.54, 1.807) is 0 Å². The van der Waals surface area contributed by atoms with Gasteiger partial charge >= 0.3 is 5.97 Å². The fraction of sp³-hybridized carbons (Fsp3) is 0.609. The Bertz CT molecular complexity index is 698. The molecule has 0 saturated carbocycles. The van der Waals surface area contributed by atoms with Crippen LogP contribution >= 0.6 is 0 Å². The summed E-state index contributed by atoms with van der Waals surface area (Å²) in [5, 5.41) is 10.4. The van der Waals surface area contributed by atoms with Crippen molar-refractivity contribution in [1.82, 2.24) is 9.80 Å². The highest BCUT2D eigenvalue weighted by atomic mass is 16.5. The van der Waals surface area contributed by atoms with E-state index >= 15 is 0 Å². The molecular weight excluding hydrogens is 368 g/mol. The number of hydrogen-bond acceptors (Lipinski definition) is 6. The zero-order valence-electron chi connectivity index (χ0n) is 17.7. The summed E-state index contributed by atoms with van der Waals surface area (Å²) in [6.45, 7) is 7.64. The van der Waals surface area contributed by atoms with Crippen LogP contribution in [0, 0.1) is 5.92 Å². The van der Waals surface area contributed by atoms with Gasteiger partial charge in [0.25, 0.3) is 0 Å². The number of esters is 1. The number of carbonyl (C=O) groups excluding carboxylic acids is 1. The lowest BCUT2D eigenvalue weighted by atomic mass is 9.97. The van der Waals surface area contributed by atoms with Gasteiger partial charge < -0.3 is 19.5 Å². The molecule has 0 unspecified atom stereocenters. The molecule has 1 aromatic rings. The molecular formula is C23H34N2O4. The van der Waals surface area contributed by atoms with Crippen molar-refractivity contribution >= 4 is 5.97 Å². The predicted octanol–water partition coefficient (Wildman–Crippen LogP) is 2.46. The van der Waals surface area contributed by atoms with Gasteiger partial charge in [-0.3, -0.25) is 9.69 Å². The van der Waals surface area contributed by atoms with Gasteiger partial charge in [0.2, 0.25) is 0 Å². The van der Waals surface area contributed by atoms with Crippen LogP contribution in [0.15, 0.2) is 35.9 Å². The van der Waals surface area contributed by atoms with Crippen LogP contribution in [0.1, 0.15) is 31.7 Å². The van der Waals surface area contributed by atoms with Gasteiger partial charge in [0.1, 0.15) is 18.5 Å². The van der Waals surface area contributed by atoms with Crippen LogP contribution in [-0.2, 0) is 16.1 Å². The molecule has 3 rings (SSSR count). The van der Waals surface area contributed by atoms with Crippen molar-refractivity contribution in [1.29, 1.82) is 0 Å². The molecule has 6 heteroatoms. The van der Waals surface area contributed by atoms with Crippen molar-refractivity contribution < 1.29 is 19.4 Å². The number of nitrogens with zero attached hydrogens (tertiary/aromatic N) is 2. The molecule has 0 aliphatic carbocycles. The van der Waals surface area contributed by atoms with Gasteiger partial charge in [-0.05, 0) is 57.0 Å². The summed E-state index contributed by atoms with van der Waals surface area (Å²) in [7, 11) is 1.44. The Balaban J connectivity index is 1.40. The molecule has 0 spiro atoms. The first kappa shape index (κ1) is 21.8. The van der Waals surface area contributed by atoms with Gasteiger partial charge in [-0.2, -0.15) is 0 Å². The molecule has 2 aliphatic heterocycles. The highest BCUT2D eigenvalue weighted by molar-refractivity contribution is 5.72. The number of β-amino-alcohol motifs (C(OH)–C–C–N with tert-alkyl or cyclic N) is 1. The van der Waals surface area contributed by atoms with Crippen molar-refractivity contribution in [2.24, 2.45) is 5.92 Å². The number of hydrogen-bond donors (Lipinski definition) is 1. The molecule has 1 saturated heterocycles. The highest BCUT2D eigenvalue weighted by Crippen LogP contribution is 2.20. The number of aliphatic hydroxyl groups excluding tert-OH is 1. The lowest BCUT2D eigenvalue weighted by Gasteiger charge is -2.31. The van der Waals surface area contributed by atoms with Crippen LogP contribution in [0.5, 0.6) is 5.75 Å². The molecule has 29 heavy (non-hydrogen) atoms. The standard InChI is InChI=1S/C23H34N2O4/c1-18-6-10-24(11-7-18)15-19-4-3-5-22(14-19)29-17-21(26)16-25-12-8-20(9-13-25)23(27)28-2/h3-6,14,20-21,26H,7-13,15-17H2,1-2H3/t21-/m0/s1. The first-order valence-electron chi connectivity index (χ1n) is 10.6. The lowest BCUT2D eigenvalue weighted by Crippen LogP contribution is -2.42. The second-order valence-electron chi connectivity index (χ2n) is 8.25. The van der Waals surface area contributed by atoms with Crippen LogP contribution < -0.4 is 4.74 Å². The summed E-state index contributed by atoms with van der Waals surface area (Å²) >= 11 is 0. The quantitative estimate of drug-likeness (QED) is 0.532. The first-order chi connectivity index (χ1) is 14.0. The summed E-state index contributed by atoms with van der Waals surface area (Å²) in [5.41, 5.74) is 2.71. The van der Waals surface area contributed by atoms with Crippen LogP contribution in [0.3, 0.4) is 0 Å². The SMILES string of the molecule is COC(=O)C1CCN(C[C@H](O)COc2cccc(CN3CC=C(C)CC3)c2)CC1. The number of ether oxygens (including phenoxy) is 2. The number of likely N-dealkylation sites (tertiary alicyclic amines) is 1. The topological polar surface area (TPSA) is 62.2 Å². The fourth-order valence-electron chi connectivity index (χ4n) is 4.01. The average molecular weight is 403 g/mol. The van der Waals surface area contributed by atoms with E-state index in [9.17, 15) is 9.90 Å². The molecule has 1 atom stereocenters. The Morgan fingerprint density at radius 3 is 2.72 bits per heavy atom. The van der Waals surface area contributed by atoms with Crippen molar-refractivity contribution in [2.45, 2.75) is 38.8 Å². The third-order valence-corrected chi connectivity index (χ3v) is 5.86. The Labute approximate surface area is 174 Å². The molecule has 0 aromatic heterocycles. The minimum absolute atomic E-state index is 0.00769. The van der Waals surface area contributed by atoms with Gasteiger partial charge in [-0.1, -0.05) is 23.8 Å². The number of methoxy groups -OCH3 is 1. The van der Waals surface area contributed by atoms with Crippen molar-refractivity contribution in [3.05, 3.63) is 41.5 Å². The minimum atomic E-state index is -0.552. The molecule has 1 aromatic carbocycles. The van der Waals surface area contributed by atoms with E-state index < -0.39 is 6.10 Å². The summed E-state index contributed by atoms with van der Waals surface area (Å²) < 4.78 is 10.7. The summed E-state index contributed by atoms with van der Waals surface area (Å²) in [6.07, 6.45) is 4.46. The van der Waals surface area contributed by atoms with Gasteiger partial charge in [0, 0.05) is 26.2 Å². The Morgan fingerprint density at radius 1 is 1.24 bits per heavy atom. The normalized spacial score (nSPS) is 20.2. The zero-order valence-corrected chi connectivity index (χ0v) is 17.7. The van der Waals surface area contributed by atoms with Gasteiger partial charge in [0.15, 0.2) is 0 Å². The summed E-state index contributed by atoms with van der Waals surface area (Å²) in [6, 6.07) is 8.15. The maximum atomic E-state index is 11.6. The minimum Gasteiger partial charge on any atom is -0.491 e. The number of rotatable bonds is 8. The maximum absolute atomic E-state index is 11.6. The van der Waals surface area contributed by atoms with E-state index in [1.165, 1.54) is 18.2 Å². The van der Waals surface area contributed by atoms with Gasteiger partial charge in [0.05, 0.1) is 13.0 Å². The Hall–Kier alpha value is -1.89. The molecule has 0 bridgehead atoms. The summed E-state index contributed by atoms with van der Waals surface area (Å²) in [5.74, 6) is 0.672. The second kappa shape index (κ2) is 10.8. The smallest absolute Gasteiger partial charge is 0.308 e. The average Bonchev–Trinajstić information content (AvgIpc) is 2.74. The van der Waals surface area contributed by atoms with E-state index in [1.807, 2.05) is 12.1 Å². The fourth-order valence-corrected chi connectivity index (χ4v) is 4.01. The number of aliphatic hydroxyl groups is 1. The van der Waals surface area contributed by atoms with Gasteiger partial charge in [-0.15, -0.1) is 0 Å². The molecule has 1 fully saturated rings. The van der Waals surface area contributed by atoms with Crippen LogP contribution in [0.2, 0.25) is 0 Å². The third kappa shape index (κ3) is 6.84. The van der Waals surface area contributed by atoms with Crippen LogP contribution in [0.25, 0.3) is 0 Å². The molecule has 2 heterocycles. The van der Waals surface area contributed by atoms with Crippen LogP contribution in [0.4, 0.5) is 0 Å². The monoisotopic (exact) mass is 402 g/mol. The molecule has 2 aliphatic rings. The third-order valence-electron chi connectivity index (χ3n) is 5.86. The molecule has 160 valence electrons. The molecule has 6 nitrogen and oxygen atoms in total. The predicted molar refractivity (Wildman–Crippen MR) is 113 cm³/mol. The number of carbonyl (C=O) groups is 1. The number of piperidine rings is 1. The van der Waals surface area contributed by atoms with Crippen molar-refractivity contribution in [2.75, 3.05) is 46.4 Å². The van der Waals surface area contributed by atoms with E-state index in [2.05, 4.69) is 34.9 Å². The summed E-state index contributed by atoms with van der Waals surface area (Å²) in [4.78, 5) is 16.2. The highest BCUT2D eigenvalue weighted by Gasteiger charge is 2.26. The Kier molecular flexibility index (Phi) is 8.09. The first-order valence-corrected chi connectivity index (χ1v) is 10.6. The van der Waals surface area contributed by atoms with E-state index in [0.717, 1.165) is 57.7 Å². The van der Waals surface area contributed by atoms with Crippen molar-refractivity contribution in [3.63, 3.8) is 0 Å². The van der Waals surface area contributed by atoms with E-state index in [4.69, 9.17) is 9.47 Å². The van der Waals surface area contributed by atoms with Crippen LogP contribution in [-0.4, -0.2) is 73.4 Å².